The van der Waals surface area contributed by atoms with Crippen LogP contribution < -0.4 is 9.47 Å². The van der Waals surface area contributed by atoms with Gasteiger partial charge in [0.2, 0.25) is 0 Å². The second kappa shape index (κ2) is 11.1. The van der Waals surface area contributed by atoms with Crippen LogP contribution in [0.3, 0.4) is 0 Å². The van der Waals surface area contributed by atoms with Crippen LogP contribution in [0.25, 0.3) is 11.4 Å². The van der Waals surface area contributed by atoms with Gasteiger partial charge in [-0.2, -0.15) is 5.10 Å². The van der Waals surface area contributed by atoms with Crippen molar-refractivity contribution in [2.45, 2.75) is 26.7 Å². The minimum Gasteiger partial charge on any atom is -0.493 e. The van der Waals surface area contributed by atoms with Crippen LogP contribution >= 0.6 is 12.2 Å². The summed E-state index contributed by atoms with van der Waals surface area (Å²) in [7, 11) is 3.70. The second-order valence-corrected chi connectivity index (χ2v) is 8.36. The summed E-state index contributed by atoms with van der Waals surface area (Å²) in [6.07, 6.45) is 3.58. The van der Waals surface area contributed by atoms with E-state index < -0.39 is 0 Å². The van der Waals surface area contributed by atoms with Crippen LogP contribution in [0, 0.1) is 4.77 Å². The third kappa shape index (κ3) is 5.52. The number of ether oxygens (including phenoxy) is 2. The van der Waals surface area contributed by atoms with Gasteiger partial charge in [0.25, 0.3) is 0 Å². The molecule has 4 aromatic rings. The van der Waals surface area contributed by atoms with Gasteiger partial charge >= 0.3 is 0 Å². The lowest BCUT2D eigenvalue weighted by molar-refractivity contribution is 0.243. The summed E-state index contributed by atoms with van der Waals surface area (Å²) in [4.78, 5) is 6.44. The molecular weight excluding hydrogens is 446 g/mol. The van der Waals surface area contributed by atoms with Crippen LogP contribution in [0.5, 0.6) is 11.5 Å². The highest BCUT2D eigenvalue weighted by Gasteiger charge is 2.15. The van der Waals surface area contributed by atoms with Gasteiger partial charge in [-0.25, -0.2) is 4.68 Å². The van der Waals surface area contributed by atoms with Crippen molar-refractivity contribution < 1.29 is 9.47 Å². The van der Waals surface area contributed by atoms with Gasteiger partial charge in [0.05, 0.1) is 26.9 Å². The van der Waals surface area contributed by atoms with Crippen LogP contribution in [0.2, 0.25) is 0 Å². The maximum atomic E-state index is 5.86. The van der Waals surface area contributed by atoms with E-state index in [2.05, 4.69) is 32.7 Å². The largest absolute Gasteiger partial charge is 0.493 e. The van der Waals surface area contributed by atoms with Crippen molar-refractivity contribution >= 4 is 12.2 Å². The summed E-state index contributed by atoms with van der Waals surface area (Å²) in [6, 6.07) is 20.2. The van der Waals surface area contributed by atoms with Crippen molar-refractivity contribution in [3.05, 3.63) is 89.0 Å². The average Bonchev–Trinajstić information content (AvgIpc) is 3.16. The monoisotopic (exact) mass is 475 g/mol. The predicted octanol–water partition coefficient (Wildman–Crippen LogP) is 5.02. The van der Waals surface area contributed by atoms with Crippen LogP contribution in [-0.2, 0) is 19.8 Å². The van der Waals surface area contributed by atoms with E-state index in [1.54, 1.807) is 13.3 Å². The highest BCUT2D eigenvalue weighted by atomic mass is 32.1. The van der Waals surface area contributed by atoms with Crippen molar-refractivity contribution in [2.75, 3.05) is 20.8 Å². The van der Waals surface area contributed by atoms with Crippen LogP contribution in [0.15, 0.2) is 73.1 Å². The summed E-state index contributed by atoms with van der Waals surface area (Å²) in [6.45, 7) is 4.45. The Hall–Kier alpha value is -3.49. The highest BCUT2D eigenvalue weighted by molar-refractivity contribution is 7.71. The lowest BCUT2D eigenvalue weighted by atomic mass is 10.2. The van der Waals surface area contributed by atoms with E-state index in [9.17, 15) is 0 Å². The fourth-order valence-electron chi connectivity index (χ4n) is 3.83. The zero-order valence-electron chi connectivity index (χ0n) is 19.7. The first-order chi connectivity index (χ1) is 16.6. The summed E-state index contributed by atoms with van der Waals surface area (Å²) in [5, 5.41) is 4.88. The zero-order valence-corrected chi connectivity index (χ0v) is 20.5. The molecule has 7 nitrogen and oxygen atoms in total. The molecule has 0 saturated carbocycles. The molecule has 0 amide bonds. The molecule has 0 spiro atoms. The Labute approximate surface area is 205 Å². The Morgan fingerprint density at radius 3 is 2.53 bits per heavy atom. The van der Waals surface area contributed by atoms with Gasteiger partial charge < -0.3 is 9.47 Å². The van der Waals surface area contributed by atoms with Gasteiger partial charge in [-0.3, -0.25) is 14.5 Å². The van der Waals surface area contributed by atoms with Gasteiger partial charge in [0.1, 0.15) is 0 Å². The lowest BCUT2D eigenvalue weighted by Gasteiger charge is -2.18. The van der Waals surface area contributed by atoms with Crippen molar-refractivity contribution in [3.8, 4) is 22.9 Å². The van der Waals surface area contributed by atoms with E-state index >= 15 is 0 Å². The third-order valence-corrected chi connectivity index (χ3v) is 5.81. The van der Waals surface area contributed by atoms with E-state index in [1.165, 1.54) is 0 Å². The van der Waals surface area contributed by atoms with Gasteiger partial charge in [-0.05, 0) is 61.6 Å². The second-order valence-electron chi connectivity index (χ2n) is 7.99. The molecule has 0 bridgehead atoms. The minimum absolute atomic E-state index is 0.545. The lowest BCUT2D eigenvalue weighted by Crippen LogP contribution is -2.22. The van der Waals surface area contributed by atoms with Crippen LogP contribution in [0.1, 0.15) is 18.1 Å². The summed E-state index contributed by atoms with van der Waals surface area (Å²) in [5.74, 6) is 2.29. The average molecular weight is 476 g/mol. The first kappa shape index (κ1) is 23.7. The molecule has 0 saturated heterocycles. The normalized spacial score (nSPS) is 11.1. The van der Waals surface area contributed by atoms with E-state index in [1.807, 2.05) is 67.3 Å². The molecule has 2 aromatic carbocycles. The van der Waals surface area contributed by atoms with Crippen molar-refractivity contribution in [1.29, 1.82) is 0 Å². The first-order valence-corrected chi connectivity index (χ1v) is 11.6. The van der Waals surface area contributed by atoms with Gasteiger partial charge in [0, 0.05) is 24.5 Å². The predicted molar refractivity (Wildman–Crippen MR) is 135 cm³/mol. The molecule has 0 unspecified atom stereocenters. The number of nitrogens with zero attached hydrogens (tertiary/aromatic N) is 5. The zero-order chi connectivity index (χ0) is 23.9. The number of rotatable bonds is 10. The fourth-order valence-corrected chi connectivity index (χ4v) is 4.08. The number of hydrogen-bond acceptors (Lipinski definition) is 6. The molecule has 34 heavy (non-hydrogen) atoms. The number of aromatic nitrogens is 4. The molecule has 0 fully saturated rings. The number of methoxy groups -OCH3 is 1. The van der Waals surface area contributed by atoms with E-state index in [0.717, 1.165) is 34.0 Å². The standard InChI is InChI=1S/C26H29N5O2S/c1-4-33-23-13-12-21(15-24(23)32-3)17-29(2)19-31-26(34)30(18-20-9-6-5-7-10-20)25(28-31)22-11-8-14-27-16-22/h5-16H,4,17-19H2,1-3H3. The van der Waals surface area contributed by atoms with Gasteiger partial charge in [-0.1, -0.05) is 36.4 Å². The van der Waals surface area contributed by atoms with Gasteiger partial charge in [-0.15, -0.1) is 0 Å². The van der Waals surface area contributed by atoms with Crippen molar-refractivity contribution in [3.63, 3.8) is 0 Å². The topological polar surface area (TPSA) is 57.3 Å². The molecular formula is C26H29N5O2S. The number of benzene rings is 2. The Morgan fingerprint density at radius 2 is 1.82 bits per heavy atom. The Bertz CT molecular complexity index is 1270. The molecule has 2 heterocycles. The Kier molecular flexibility index (Phi) is 7.72. The summed E-state index contributed by atoms with van der Waals surface area (Å²) >= 11 is 5.86. The molecule has 2 aromatic heterocycles. The molecule has 0 aliphatic carbocycles. The van der Waals surface area contributed by atoms with Crippen molar-refractivity contribution in [2.24, 2.45) is 0 Å². The fraction of sp³-hybridized carbons (Fsp3) is 0.269. The smallest absolute Gasteiger partial charge is 0.199 e. The SMILES string of the molecule is CCOc1ccc(CN(C)Cn2nc(-c3cccnc3)n(Cc3ccccc3)c2=S)cc1OC. The summed E-state index contributed by atoms with van der Waals surface area (Å²) in [5.41, 5.74) is 3.21. The summed E-state index contributed by atoms with van der Waals surface area (Å²) < 4.78 is 15.7. The third-order valence-electron chi connectivity index (χ3n) is 5.38. The maximum absolute atomic E-state index is 5.86. The van der Waals surface area contributed by atoms with Gasteiger partial charge in [0.15, 0.2) is 22.1 Å². The first-order valence-electron chi connectivity index (χ1n) is 11.2. The molecule has 4 rings (SSSR count). The molecule has 0 aliphatic heterocycles. The molecule has 0 N–H and O–H groups in total. The number of pyridine rings is 1. The van der Waals surface area contributed by atoms with Crippen molar-refractivity contribution in [1.82, 2.24) is 24.2 Å². The molecule has 0 atom stereocenters. The molecule has 0 aliphatic rings. The van der Waals surface area contributed by atoms with Crippen LogP contribution in [-0.4, -0.2) is 45.0 Å². The Morgan fingerprint density at radius 1 is 1.00 bits per heavy atom. The Balaban J connectivity index is 1.59. The number of hydrogen-bond donors (Lipinski definition) is 0. The quantitative estimate of drug-likeness (QED) is 0.300. The van der Waals surface area contributed by atoms with E-state index in [-0.39, 0.29) is 0 Å². The minimum atomic E-state index is 0.545. The van der Waals surface area contributed by atoms with E-state index in [4.69, 9.17) is 26.8 Å². The molecule has 0 radical (unpaired) electrons. The highest BCUT2D eigenvalue weighted by Crippen LogP contribution is 2.28. The van der Waals surface area contributed by atoms with E-state index in [0.29, 0.717) is 31.1 Å². The molecule has 8 heteroatoms. The maximum Gasteiger partial charge on any atom is 0.199 e. The molecule has 176 valence electrons. The van der Waals surface area contributed by atoms with Crippen LogP contribution in [0.4, 0.5) is 0 Å².